The average molecular weight is 194 g/mol. The first kappa shape index (κ1) is 11.1. The molecular weight excluding hydrogens is 176 g/mol. The van der Waals surface area contributed by atoms with Gasteiger partial charge in [0.15, 0.2) is 0 Å². The summed E-state index contributed by atoms with van der Waals surface area (Å²) in [6.45, 7) is 5.63. The minimum atomic E-state index is -0.449. The van der Waals surface area contributed by atoms with Crippen molar-refractivity contribution in [3.05, 3.63) is 29.6 Å². The molecule has 0 aliphatic carbocycles. The van der Waals surface area contributed by atoms with Crippen molar-refractivity contribution in [3.63, 3.8) is 0 Å². The number of pyridine rings is 1. The molecule has 1 aromatic heterocycles. The highest BCUT2D eigenvalue weighted by Gasteiger charge is 2.08. The molecule has 3 nitrogen and oxygen atoms in total. The topological polar surface area (TPSA) is 45.1 Å². The molecule has 0 aromatic carbocycles. The van der Waals surface area contributed by atoms with Gasteiger partial charge in [-0.1, -0.05) is 6.92 Å². The summed E-state index contributed by atoms with van der Waals surface area (Å²) in [4.78, 5) is 4.01. The summed E-state index contributed by atoms with van der Waals surface area (Å²) >= 11 is 0. The van der Waals surface area contributed by atoms with Crippen LogP contribution in [0, 0.1) is 6.92 Å². The summed E-state index contributed by atoms with van der Waals surface area (Å²) in [5.41, 5.74) is 2.00. The van der Waals surface area contributed by atoms with E-state index in [1.165, 1.54) is 0 Å². The lowest BCUT2D eigenvalue weighted by Gasteiger charge is -2.13. The lowest BCUT2D eigenvalue weighted by molar-refractivity contribution is 0.174. The molecule has 1 aromatic rings. The van der Waals surface area contributed by atoms with Crippen molar-refractivity contribution >= 4 is 0 Å². The molecule has 0 aliphatic heterocycles. The van der Waals surface area contributed by atoms with Crippen LogP contribution in [0.3, 0.4) is 0 Å². The third-order valence-electron chi connectivity index (χ3n) is 2.20. The number of nitrogens with zero attached hydrogens (tertiary/aromatic N) is 1. The fourth-order valence-electron chi connectivity index (χ4n) is 1.35. The maximum atomic E-state index is 9.83. The van der Waals surface area contributed by atoms with E-state index in [2.05, 4.69) is 17.2 Å². The summed E-state index contributed by atoms with van der Waals surface area (Å²) in [5.74, 6) is 0. The average Bonchev–Trinajstić information content (AvgIpc) is 2.18. The van der Waals surface area contributed by atoms with E-state index in [9.17, 15) is 5.11 Å². The summed E-state index contributed by atoms with van der Waals surface area (Å²) in [6.07, 6.45) is 4.10. The van der Waals surface area contributed by atoms with E-state index in [0.29, 0.717) is 6.54 Å². The fourth-order valence-corrected chi connectivity index (χ4v) is 1.35. The standard InChI is InChI=1S/C11H18N2O/c1-3-5-12-8-11(14)10-7-13-6-4-9(10)2/h4,6-7,11-12,14H,3,5,8H2,1-2H3. The van der Waals surface area contributed by atoms with Gasteiger partial charge < -0.3 is 10.4 Å². The Hall–Kier alpha value is -0.930. The third-order valence-corrected chi connectivity index (χ3v) is 2.20. The number of aromatic nitrogens is 1. The Morgan fingerprint density at radius 1 is 1.57 bits per heavy atom. The minimum Gasteiger partial charge on any atom is -0.387 e. The van der Waals surface area contributed by atoms with Gasteiger partial charge in [0, 0.05) is 24.5 Å². The Bertz CT molecular complexity index is 276. The van der Waals surface area contributed by atoms with Crippen molar-refractivity contribution < 1.29 is 5.11 Å². The quantitative estimate of drug-likeness (QED) is 0.697. The smallest absolute Gasteiger partial charge is 0.0931 e. The predicted molar refractivity (Wildman–Crippen MR) is 57.1 cm³/mol. The maximum Gasteiger partial charge on any atom is 0.0931 e. The number of hydrogen-bond donors (Lipinski definition) is 2. The summed E-state index contributed by atoms with van der Waals surface area (Å²) in [6, 6.07) is 1.92. The molecule has 1 atom stereocenters. The zero-order valence-electron chi connectivity index (χ0n) is 8.83. The first-order chi connectivity index (χ1) is 6.75. The Morgan fingerprint density at radius 2 is 2.36 bits per heavy atom. The second-order valence-electron chi connectivity index (χ2n) is 3.45. The molecule has 0 radical (unpaired) electrons. The molecule has 14 heavy (non-hydrogen) atoms. The van der Waals surface area contributed by atoms with Crippen LogP contribution in [-0.2, 0) is 0 Å². The van der Waals surface area contributed by atoms with Crippen molar-refractivity contribution in [1.29, 1.82) is 0 Å². The zero-order chi connectivity index (χ0) is 10.4. The second-order valence-corrected chi connectivity index (χ2v) is 3.45. The SMILES string of the molecule is CCCNCC(O)c1cnccc1C. The lowest BCUT2D eigenvalue weighted by Crippen LogP contribution is -2.22. The molecule has 2 N–H and O–H groups in total. The Labute approximate surface area is 85.2 Å². The molecule has 0 fully saturated rings. The molecule has 1 unspecified atom stereocenters. The molecule has 1 rings (SSSR count). The van der Waals surface area contributed by atoms with Gasteiger partial charge in [0.05, 0.1) is 6.10 Å². The van der Waals surface area contributed by atoms with Crippen molar-refractivity contribution in [3.8, 4) is 0 Å². The van der Waals surface area contributed by atoms with Crippen LogP contribution in [0.25, 0.3) is 0 Å². The van der Waals surface area contributed by atoms with Gasteiger partial charge in [-0.05, 0) is 31.5 Å². The molecule has 0 amide bonds. The molecular formula is C11H18N2O. The van der Waals surface area contributed by atoms with E-state index in [4.69, 9.17) is 0 Å². The van der Waals surface area contributed by atoms with Gasteiger partial charge in [-0.25, -0.2) is 0 Å². The molecule has 0 saturated heterocycles. The zero-order valence-corrected chi connectivity index (χ0v) is 8.83. The van der Waals surface area contributed by atoms with Crippen LogP contribution < -0.4 is 5.32 Å². The van der Waals surface area contributed by atoms with Gasteiger partial charge in [-0.15, -0.1) is 0 Å². The third kappa shape index (κ3) is 3.09. The van der Waals surface area contributed by atoms with E-state index in [-0.39, 0.29) is 0 Å². The molecule has 1 heterocycles. The molecule has 0 bridgehead atoms. The minimum absolute atomic E-state index is 0.449. The van der Waals surface area contributed by atoms with Crippen molar-refractivity contribution in [2.75, 3.05) is 13.1 Å². The fraction of sp³-hybridized carbons (Fsp3) is 0.545. The number of aliphatic hydroxyl groups is 1. The molecule has 0 saturated carbocycles. The van der Waals surface area contributed by atoms with Gasteiger partial charge in [-0.3, -0.25) is 4.98 Å². The van der Waals surface area contributed by atoms with Crippen LogP contribution in [0.2, 0.25) is 0 Å². The number of rotatable bonds is 5. The normalized spacial score (nSPS) is 12.8. The first-order valence-electron chi connectivity index (χ1n) is 5.05. The highest BCUT2D eigenvalue weighted by molar-refractivity contribution is 5.23. The summed E-state index contributed by atoms with van der Waals surface area (Å²) in [7, 11) is 0. The van der Waals surface area contributed by atoms with E-state index in [1.807, 2.05) is 13.0 Å². The van der Waals surface area contributed by atoms with Crippen LogP contribution in [-0.4, -0.2) is 23.2 Å². The maximum absolute atomic E-state index is 9.83. The molecule has 78 valence electrons. The van der Waals surface area contributed by atoms with Gasteiger partial charge in [0.2, 0.25) is 0 Å². The van der Waals surface area contributed by atoms with Crippen LogP contribution in [0.1, 0.15) is 30.6 Å². The molecule has 3 heteroatoms. The van der Waals surface area contributed by atoms with Gasteiger partial charge in [-0.2, -0.15) is 0 Å². The second kappa shape index (κ2) is 5.73. The highest BCUT2D eigenvalue weighted by Crippen LogP contribution is 2.14. The van der Waals surface area contributed by atoms with Crippen LogP contribution >= 0.6 is 0 Å². The Morgan fingerprint density at radius 3 is 3.00 bits per heavy atom. The van der Waals surface area contributed by atoms with Gasteiger partial charge in [0.25, 0.3) is 0 Å². The first-order valence-corrected chi connectivity index (χ1v) is 5.05. The highest BCUT2D eigenvalue weighted by atomic mass is 16.3. The van der Waals surface area contributed by atoms with E-state index in [0.717, 1.165) is 24.1 Å². The summed E-state index contributed by atoms with van der Waals surface area (Å²) in [5, 5.41) is 13.0. The van der Waals surface area contributed by atoms with Crippen molar-refractivity contribution in [2.45, 2.75) is 26.4 Å². The van der Waals surface area contributed by atoms with Crippen LogP contribution in [0.15, 0.2) is 18.5 Å². The van der Waals surface area contributed by atoms with Gasteiger partial charge in [0.1, 0.15) is 0 Å². The van der Waals surface area contributed by atoms with E-state index in [1.54, 1.807) is 12.4 Å². The molecule has 0 spiro atoms. The van der Waals surface area contributed by atoms with Crippen molar-refractivity contribution in [2.24, 2.45) is 0 Å². The lowest BCUT2D eigenvalue weighted by atomic mass is 10.1. The number of hydrogen-bond acceptors (Lipinski definition) is 3. The van der Waals surface area contributed by atoms with Crippen molar-refractivity contribution in [1.82, 2.24) is 10.3 Å². The monoisotopic (exact) mass is 194 g/mol. The van der Waals surface area contributed by atoms with Crippen LogP contribution in [0.5, 0.6) is 0 Å². The van der Waals surface area contributed by atoms with E-state index >= 15 is 0 Å². The molecule has 0 aliphatic rings. The van der Waals surface area contributed by atoms with Crippen LogP contribution in [0.4, 0.5) is 0 Å². The summed E-state index contributed by atoms with van der Waals surface area (Å²) < 4.78 is 0. The Kier molecular flexibility index (Phi) is 4.56. The largest absolute Gasteiger partial charge is 0.387 e. The number of aryl methyl sites for hydroxylation is 1. The predicted octanol–water partition coefficient (Wildman–Crippen LogP) is 1.42. The van der Waals surface area contributed by atoms with E-state index < -0.39 is 6.10 Å². The van der Waals surface area contributed by atoms with Gasteiger partial charge >= 0.3 is 0 Å². The number of nitrogens with one attached hydrogen (secondary N) is 1. The number of aliphatic hydroxyl groups excluding tert-OH is 1. The Balaban J connectivity index is 2.51.